The second-order valence-electron chi connectivity index (χ2n) is 4.68. The number of para-hydroxylation sites is 1. The van der Waals surface area contributed by atoms with Gasteiger partial charge in [0.05, 0.1) is 5.69 Å². The van der Waals surface area contributed by atoms with Gasteiger partial charge in [-0.2, -0.15) is 13.2 Å². The summed E-state index contributed by atoms with van der Waals surface area (Å²) in [5.74, 6) is -1.62. The zero-order chi connectivity index (χ0) is 17.6. The highest BCUT2D eigenvalue weighted by Crippen LogP contribution is 2.24. The van der Waals surface area contributed by atoms with Crippen molar-refractivity contribution in [2.24, 2.45) is 4.99 Å². The number of hydrogen-bond donors (Lipinski definition) is 3. The van der Waals surface area contributed by atoms with Crippen LogP contribution in [0.4, 0.5) is 18.9 Å². The summed E-state index contributed by atoms with van der Waals surface area (Å²) in [6, 6.07) is 7.20. The van der Waals surface area contributed by atoms with Crippen LogP contribution in [0.2, 0.25) is 0 Å². The number of alkyl halides is 3. The molecule has 0 aliphatic heterocycles. The molecule has 0 bridgehead atoms. The van der Waals surface area contributed by atoms with Crippen molar-refractivity contribution in [2.75, 3.05) is 0 Å². The SMILES string of the molecule is C[C@H](OC(=Nc1ccccc1)C(F)(F)F)[C@H](O)[C@@H](O)[C@@H](O)C=O. The molecule has 1 aromatic rings. The Labute approximate surface area is 129 Å². The predicted octanol–water partition coefficient (Wildman–Crippen LogP) is 0.966. The zero-order valence-electron chi connectivity index (χ0n) is 12.0. The van der Waals surface area contributed by atoms with Crippen molar-refractivity contribution in [3.63, 3.8) is 0 Å². The van der Waals surface area contributed by atoms with Gasteiger partial charge in [-0.15, -0.1) is 0 Å². The molecule has 0 amide bonds. The molecule has 0 aliphatic carbocycles. The highest BCUT2D eigenvalue weighted by molar-refractivity contribution is 5.84. The first-order valence-electron chi connectivity index (χ1n) is 6.54. The van der Waals surface area contributed by atoms with Gasteiger partial charge in [0.15, 0.2) is 6.29 Å². The van der Waals surface area contributed by atoms with Crippen LogP contribution in [0.1, 0.15) is 6.92 Å². The quantitative estimate of drug-likeness (QED) is 0.409. The number of halogens is 3. The Kier molecular flexibility index (Phi) is 6.67. The summed E-state index contributed by atoms with van der Waals surface area (Å²) in [6.45, 7) is 1.04. The molecule has 0 fully saturated rings. The van der Waals surface area contributed by atoms with Gasteiger partial charge in [0, 0.05) is 0 Å². The summed E-state index contributed by atoms with van der Waals surface area (Å²) in [4.78, 5) is 13.7. The van der Waals surface area contributed by atoms with Gasteiger partial charge in [0.2, 0.25) is 0 Å². The van der Waals surface area contributed by atoms with E-state index in [-0.39, 0.29) is 12.0 Å². The smallest absolute Gasteiger partial charge is 0.468 e. The van der Waals surface area contributed by atoms with E-state index in [0.717, 1.165) is 6.92 Å². The van der Waals surface area contributed by atoms with Crippen LogP contribution in [0.15, 0.2) is 35.3 Å². The number of ether oxygens (including phenoxy) is 1. The molecule has 4 atom stereocenters. The minimum atomic E-state index is -4.93. The van der Waals surface area contributed by atoms with Gasteiger partial charge in [-0.3, -0.25) is 0 Å². The van der Waals surface area contributed by atoms with E-state index in [4.69, 9.17) is 5.11 Å². The second kappa shape index (κ2) is 8.04. The summed E-state index contributed by atoms with van der Waals surface area (Å²) in [5, 5.41) is 28.2. The lowest BCUT2D eigenvalue weighted by Crippen LogP contribution is -2.46. The first-order valence-corrected chi connectivity index (χ1v) is 6.54. The minimum absolute atomic E-state index is 0.0185. The molecule has 0 aliphatic rings. The second-order valence-corrected chi connectivity index (χ2v) is 4.68. The molecule has 0 radical (unpaired) electrons. The van der Waals surface area contributed by atoms with Crippen LogP contribution in [0, 0.1) is 0 Å². The minimum Gasteiger partial charge on any atom is -0.468 e. The van der Waals surface area contributed by atoms with Gasteiger partial charge in [0.25, 0.3) is 5.90 Å². The molecule has 9 heteroatoms. The molecule has 3 N–H and O–H groups in total. The van der Waals surface area contributed by atoms with E-state index in [9.17, 15) is 28.2 Å². The van der Waals surface area contributed by atoms with Crippen molar-refractivity contribution in [3.05, 3.63) is 30.3 Å². The van der Waals surface area contributed by atoms with Gasteiger partial charge in [-0.05, 0) is 19.1 Å². The molecular weight excluding hydrogens is 319 g/mol. The van der Waals surface area contributed by atoms with E-state index in [2.05, 4.69) is 9.73 Å². The molecule has 128 valence electrons. The number of nitrogens with zero attached hydrogens (tertiary/aromatic N) is 1. The fourth-order valence-corrected chi connectivity index (χ4v) is 1.58. The van der Waals surface area contributed by atoms with Gasteiger partial charge in [-0.25, -0.2) is 4.99 Å². The molecule has 0 saturated carbocycles. The summed E-state index contributed by atoms with van der Waals surface area (Å²) in [5.41, 5.74) is -0.0185. The normalized spacial score (nSPS) is 18.0. The number of aldehydes is 1. The summed E-state index contributed by atoms with van der Waals surface area (Å²) >= 11 is 0. The third kappa shape index (κ3) is 5.62. The number of aliphatic hydroxyl groups excluding tert-OH is 3. The standard InChI is InChI=1S/C14H16F3NO5/c1-8(11(21)12(22)10(20)7-19)23-13(14(15,16)17)18-9-5-3-2-4-6-9/h2-8,10-12,20-22H,1H3/t8-,10-,11-,12-/m0/s1. The Hall–Kier alpha value is -1.97. The number of rotatable bonds is 6. The van der Waals surface area contributed by atoms with Crippen LogP contribution in [0.25, 0.3) is 0 Å². The average molecular weight is 335 g/mol. The first-order chi connectivity index (χ1) is 10.7. The molecule has 0 saturated heterocycles. The molecule has 0 unspecified atom stereocenters. The molecule has 0 heterocycles. The van der Waals surface area contributed by atoms with E-state index >= 15 is 0 Å². The highest BCUT2D eigenvalue weighted by Gasteiger charge is 2.41. The van der Waals surface area contributed by atoms with Crippen molar-refractivity contribution in [3.8, 4) is 0 Å². The molecule has 0 aromatic heterocycles. The van der Waals surface area contributed by atoms with Gasteiger partial charge in [0.1, 0.15) is 24.4 Å². The molecule has 6 nitrogen and oxygen atoms in total. The van der Waals surface area contributed by atoms with Crippen LogP contribution < -0.4 is 0 Å². The topological polar surface area (TPSA) is 99.3 Å². The summed E-state index contributed by atoms with van der Waals surface area (Å²) in [7, 11) is 0. The van der Waals surface area contributed by atoms with Crippen LogP contribution in [-0.4, -0.2) is 58.1 Å². The monoisotopic (exact) mass is 335 g/mol. The van der Waals surface area contributed by atoms with Gasteiger partial charge < -0.3 is 24.9 Å². The Morgan fingerprint density at radius 2 is 1.74 bits per heavy atom. The van der Waals surface area contributed by atoms with Crippen molar-refractivity contribution in [1.82, 2.24) is 0 Å². The molecule has 23 heavy (non-hydrogen) atoms. The van der Waals surface area contributed by atoms with E-state index in [1.807, 2.05) is 0 Å². The Bertz CT molecular complexity index is 535. The first kappa shape index (κ1) is 19.1. The number of benzene rings is 1. The predicted molar refractivity (Wildman–Crippen MR) is 74.2 cm³/mol. The van der Waals surface area contributed by atoms with E-state index < -0.39 is 36.5 Å². The van der Waals surface area contributed by atoms with Crippen molar-refractivity contribution in [1.29, 1.82) is 0 Å². The van der Waals surface area contributed by atoms with E-state index in [1.165, 1.54) is 24.3 Å². The van der Waals surface area contributed by atoms with Crippen LogP contribution in [-0.2, 0) is 9.53 Å². The van der Waals surface area contributed by atoms with Gasteiger partial charge >= 0.3 is 6.18 Å². The number of aliphatic imine (C=N–C) groups is 1. The summed E-state index contributed by atoms with van der Waals surface area (Å²) in [6.07, 6.45) is -12.4. The lowest BCUT2D eigenvalue weighted by atomic mass is 10.0. The van der Waals surface area contributed by atoms with Crippen LogP contribution >= 0.6 is 0 Å². The third-order valence-corrected chi connectivity index (χ3v) is 2.85. The van der Waals surface area contributed by atoms with Crippen molar-refractivity contribution in [2.45, 2.75) is 37.5 Å². The molecule has 0 spiro atoms. The van der Waals surface area contributed by atoms with Crippen LogP contribution in [0.5, 0.6) is 0 Å². The van der Waals surface area contributed by atoms with Crippen molar-refractivity contribution < 1.29 is 38.0 Å². The maximum absolute atomic E-state index is 12.9. The zero-order valence-corrected chi connectivity index (χ0v) is 12.0. The number of hydrogen-bond acceptors (Lipinski definition) is 6. The fraction of sp³-hybridized carbons (Fsp3) is 0.429. The molecule has 1 rings (SSSR count). The number of carbonyl (C=O) groups is 1. The third-order valence-electron chi connectivity index (χ3n) is 2.85. The Balaban J connectivity index is 2.94. The largest absolute Gasteiger partial charge is 0.468 e. The lowest BCUT2D eigenvalue weighted by Gasteiger charge is -2.26. The molecular formula is C14H16F3NO5. The average Bonchev–Trinajstić information content (AvgIpc) is 2.52. The summed E-state index contributed by atoms with van der Waals surface area (Å²) < 4.78 is 43.4. The number of aliphatic hydroxyl groups is 3. The van der Waals surface area contributed by atoms with Crippen molar-refractivity contribution >= 4 is 17.9 Å². The van der Waals surface area contributed by atoms with Crippen LogP contribution in [0.3, 0.4) is 0 Å². The van der Waals surface area contributed by atoms with Gasteiger partial charge in [-0.1, -0.05) is 18.2 Å². The van der Waals surface area contributed by atoms with E-state index in [0.29, 0.717) is 0 Å². The maximum atomic E-state index is 12.9. The lowest BCUT2D eigenvalue weighted by molar-refractivity contribution is -0.135. The van der Waals surface area contributed by atoms with E-state index in [1.54, 1.807) is 6.07 Å². The Morgan fingerprint density at radius 3 is 2.22 bits per heavy atom. The maximum Gasteiger partial charge on any atom is 0.468 e. The number of carbonyl (C=O) groups excluding carboxylic acids is 1. The highest BCUT2D eigenvalue weighted by atomic mass is 19.4. The molecule has 1 aromatic carbocycles. The fourth-order valence-electron chi connectivity index (χ4n) is 1.58. The Morgan fingerprint density at radius 1 is 1.17 bits per heavy atom.